The molecular formula is C20H25ClN4S. The number of aromatic nitrogens is 3. The number of rotatable bonds is 7. The number of thioether (sulfide) groups is 1. The molecule has 1 aliphatic rings. The summed E-state index contributed by atoms with van der Waals surface area (Å²) in [6.45, 7) is 6.59. The van der Waals surface area contributed by atoms with Crippen molar-refractivity contribution in [3.05, 3.63) is 59.4 Å². The standard InChI is InChI=1S/C20H25ClN4S/c1-3-12-26-20-23-22-19(24(20)2)17-10-7-11-25(14-17)15-18(21)13-16-8-5-4-6-9-16/h3-6,8-9,13,17H,1,7,10-12,14-15H2,2H3. The number of nitrogens with zero attached hydrogens (tertiary/aromatic N) is 4. The van der Waals surface area contributed by atoms with Crippen LogP contribution in [0.5, 0.6) is 0 Å². The molecule has 0 aliphatic carbocycles. The molecule has 1 aromatic carbocycles. The highest BCUT2D eigenvalue weighted by atomic mass is 35.5. The van der Waals surface area contributed by atoms with Gasteiger partial charge in [0.1, 0.15) is 5.82 Å². The van der Waals surface area contributed by atoms with Gasteiger partial charge in [-0.05, 0) is 31.0 Å². The first-order chi connectivity index (χ1) is 12.7. The first-order valence-corrected chi connectivity index (χ1v) is 10.3. The van der Waals surface area contributed by atoms with Gasteiger partial charge in [-0.25, -0.2) is 0 Å². The molecule has 138 valence electrons. The Hall–Kier alpha value is -1.56. The summed E-state index contributed by atoms with van der Waals surface area (Å²) in [5, 5.41) is 10.6. The molecule has 1 aliphatic heterocycles. The van der Waals surface area contributed by atoms with E-state index in [0.29, 0.717) is 5.92 Å². The van der Waals surface area contributed by atoms with Crippen LogP contribution in [-0.4, -0.2) is 45.1 Å². The van der Waals surface area contributed by atoms with Crippen molar-refractivity contribution in [3.63, 3.8) is 0 Å². The van der Waals surface area contributed by atoms with Gasteiger partial charge < -0.3 is 4.57 Å². The first kappa shape index (κ1) is 19.2. The molecule has 2 aromatic rings. The third-order valence-electron chi connectivity index (χ3n) is 4.57. The monoisotopic (exact) mass is 388 g/mol. The number of benzene rings is 1. The van der Waals surface area contributed by atoms with Crippen molar-refractivity contribution >= 4 is 29.4 Å². The van der Waals surface area contributed by atoms with Crippen LogP contribution in [-0.2, 0) is 7.05 Å². The van der Waals surface area contributed by atoms with Gasteiger partial charge in [-0.3, -0.25) is 4.90 Å². The summed E-state index contributed by atoms with van der Waals surface area (Å²) in [5.74, 6) is 2.33. The molecule has 1 unspecified atom stereocenters. The van der Waals surface area contributed by atoms with Gasteiger partial charge in [-0.15, -0.1) is 16.8 Å². The van der Waals surface area contributed by atoms with Gasteiger partial charge in [0.2, 0.25) is 0 Å². The van der Waals surface area contributed by atoms with E-state index in [9.17, 15) is 0 Å². The van der Waals surface area contributed by atoms with E-state index in [0.717, 1.165) is 59.8 Å². The SMILES string of the molecule is C=CCSc1nnc(C2CCCN(CC(Cl)=Cc3ccccc3)C2)n1C. The molecular weight excluding hydrogens is 364 g/mol. The van der Waals surface area contributed by atoms with E-state index in [1.54, 1.807) is 11.8 Å². The van der Waals surface area contributed by atoms with E-state index in [1.165, 1.54) is 0 Å². The zero-order chi connectivity index (χ0) is 18.4. The summed E-state index contributed by atoms with van der Waals surface area (Å²) in [5.41, 5.74) is 1.14. The van der Waals surface area contributed by atoms with E-state index in [4.69, 9.17) is 11.6 Å². The zero-order valence-corrected chi connectivity index (χ0v) is 16.7. The van der Waals surface area contributed by atoms with Crippen LogP contribution < -0.4 is 0 Å². The van der Waals surface area contributed by atoms with E-state index >= 15 is 0 Å². The van der Waals surface area contributed by atoms with Crippen LogP contribution in [0.3, 0.4) is 0 Å². The van der Waals surface area contributed by atoms with Crippen LogP contribution in [0, 0.1) is 0 Å². The lowest BCUT2D eigenvalue weighted by Gasteiger charge is -2.32. The summed E-state index contributed by atoms with van der Waals surface area (Å²) >= 11 is 8.18. The predicted octanol–water partition coefficient (Wildman–Crippen LogP) is 4.55. The van der Waals surface area contributed by atoms with Crippen molar-refractivity contribution in [2.24, 2.45) is 7.05 Å². The van der Waals surface area contributed by atoms with Crippen LogP contribution in [0.15, 0.2) is 53.2 Å². The first-order valence-electron chi connectivity index (χ1n) is 8.94. The molecule has 0 radical (unpaired) electrons. The molecule has 3 rings (SSSR count). The Labute approximate surface area is 164 Å². The van der Waals surface area contributed by atoms with E-state index in [-0.39, 0.29) is 0 Å². The average molecular weight is 389 g/mol. The third-order valence-corrected chi connectivity index (χ3v) is 5.81. The summed E-state index contributed by atoms with van der Waals surface area (Å²) < 4.78 is 2.13. The van der Waals surface area contributed by atoms with Gasteiger partial charge in [-0.2, -0.15) is 0 Å². The number of hydrogen-bond donors (Lipinski definition) is 0. The molecule has 0 amide bonds. The Morgan fingerprint density at radius 2 is 2.15 bits per heavy atom. The third kappa shape index (κ3) is 5.00. The number of likely N-dealkylation sites (tertiary alicyclic amines) is 1. The Morgan fingerprint density at radius 1 is 1.35 bits per heavy atom. The molecule has 4 nitrogen and oxygen atoms in total. The number of hydrogen-bond acceptors (Lipinski definition) is 4. The van der Waals surface area contributed by atoms with E-state index in [2.05, 4.69) is 51.5 Å². The van der Waals surface area contributed by atoms with E-state index in [1.807, 2.05) is 24.3 Å². The normalized spacial score (nSPS) is 18.8. The molecule has 1 saturated heterocycles. The Bertz CT molecular complexity index is 756. The highest BCUT2D eigenvalue weighted by Crippen LogP contribution is 2.28. The van der Waals surface area contributed by atoms with Gasteiger partial charge in [0.05, 0.1) is 0 Å². The molecule has 6 heteroatoms. The highest BCUT2D eigenvalue weighted by Gasteiger charge is 2.26. The average Bonchev–Trinajstić information content (AvgIpc) is 3.01. The second kappa shape index (κ2) is 9.40. The molecule has 0 spiro atoms. The summed E-state index contributed by atoms with van der Waals surface area (Å²) in [7, 11) is 2.06. The van der Waals surface area contributed by atoms with Crippen molar-refractivity contribution < 1.29 is 0 Å². The smallest absolute Gasteiger partial charge is 0.191 e. The van der Waals surface area contributed by atoms with Gasteiger partial charge in [-0.1, -0.05) is 59.8 Å². The van der Waals surface area contributed by atoms with Crippen LogP contribution in [0.1, 0.15) is 30.1 Å². The minimum atomic E-state index is 0.403. The van der Waals surface area contributed by atoms with Crippen molar-refractivity contribution in [2.75, 3.05) is 25.4 Å². The van der Waals surface area contributed by atoms with Crippen molar-refractivity contribution in [2.45, 2.75) is 23.9 Å². The molecule has 2 heterocycles. The fourth-order valence-electron chi connectivity index (χ4n) is 3.34. The summed E-state index contributed by atoms with van der Waals surface area (Å²) in [4.78, 5) is 2.42. The van der Waals surface area contributed by atoms with Gasteiger partial charge in [0, 0.05) is 36.8 Å². The molecule has 0 N–H and O–H groups in total. The van der Waals surface area contributed by atoms with Crippen molar-refractivity contribution in [1.82, 2.24) is 19.7 Å². The Morgan fingerprint density at radius 3 is 2.92 bits per heavy atom. The predicted molar refractivity (Wildman–Crippen MR) is 111 cm³/mol. The van der Waals surface area contributed by atoms with Gasteiger partial charge in [0.25, 0.3) is 0 Å². The van der Waals surface area contributed by atoms with Crippen LogP contribution in [0.25, 0.3) is 6.08 Å². The van der Waals surface area contributed by atoms with E-state index < -0.39 is 0 Å². The lowest BCUT2D eigenvalue weighted by molar-refractivity contribution is 0.220. The molecule has 1 aromatic heterocycles. The second-order valence-corrected chi connectivity index (χ2v) is 8.05. The fourth-order valence-corrected chi connectivity index (χ4v) is 4.29. The lowest BCUT2D eigenvalue weighted by atomic mass is 9.97. The minimum Gasteiger partial charge on any atom is -0.309 e. The molecule has 1 fully saturated rings. The maximum Gasteiger partial charge on any atom is 0.191 e. The maximum atomic E-state index is 6.51. The number of halogens is 1. The molecule has 1 atom stereocenters. The lowest BCUT2D eigenvalue weighted by Crippen LogP contribution is -2.36. The summed E-state index contributed by atoms with van der Waals surface area (Å²) in [6, 6.07) is 10.2. The zero-order valence-electron chi connectivity index (χ0n) is 15.1. The second-order valence-electron chi connectivity index (χ2n) is 6.58. The Balaban J connectivity index is 1.63. The Kier molecular flexibility index (Phi) is 6.94. The number of piperidine rings is 1. The largest absolute Gasteiger partial charge is 0.309 e. The minimum absolute atomic E-state index is 0.403. The molecule has 0 bridgehead atoms. The maximum absolute atomic E-state index is 6.51. The molecule has 0 saturated carbocycles. The topological polar surface area (TPSA) is 34.0 Å². The van der Waals surface area contributed by atoms with Crippen molar-refractivity contribution in [1.29, 1.82) is 0 Å². The van der Waals surface area contributed by atoms with Crippen LogP contribution in [0.4, 0.5) is 0 Å². The van der Waals surface area contributed by atoms with Crippen molar-refractivity contribution in [3.8, 4) is 0 Å². The quantitative estimate of drug-likeness (QED) is 0.514. The van der Waals surface area contributed by atoms with Crippen LogP contribution >= 0.6 is 23.4 Å². The van der Waals surface area contributed by atoms with Crippen LogP contribution in [0.2, 0.25) is 0 Å². The fraction of sp³-hybridized carbons (Fsp3) is 0.400. The van der Waals surface area contributed by atoms with Gasteiger partial charge >= 0.3 is 0 Å². The summed E-state index contributed by atoms with van der Waals surface area (Å²) in [6.07, 6.45) is 6.25. The van der Waals surface area contributed by atoms with Gasteiger partial charge in [0.15, 0.2) is 5.16 Å². The molecule has 26 heavy (non-hydrogen) atoms. The highest BCUT2D eigenvalue weighted by molar-refractivity contribution is 7.99.